The van der Waals surface area contributed by atoms with Gasteiger partial charge in [0.15, 0.2) is 6.29 Å². The van der Waals surface area contributed by atoms with Crippen molar-refractivity contribution in [3.8, 4) is 11.4 Å². The Kier molecular flexibility index (Phi) is 2.45. The number of nitrogens with one attached hydrogen (secondary N) is 1. The topological polar surface area (TPSA) is 45.8 Å². The van der Waals surface area contributed by atoms with Crippen molar-refractivity contribution >= 4 is 17.3 Å². The summed E-state index contributed by atoms with van der Waals surface area (Å²) in [6, 6.07) is 13.5. The maximum Gasteiger partial charge on any atom is 0.150 e. The van der Waals surface area contributed by atoms with E-state index < -0.39 is 0 Å². The van der Waals surface area contributed by atoms with Crippen molar-refractivity contribution in [1.29, 1.82) is 0 Å². The Bertz CT molecular complexity index is 728. The van der Waals surface area contributed by atoms with Crippen LogP contribution in [0.2, 0.25) is 0 Å². The molecule has 3 rings (SSSR count). The number of nitrogens with zero attached hydrogens (tertiary/aromatic N) is 1. The van der Waals surface area contributed by atoms with Gasteiger partial charge in [0.05, 0.1) is 11.0 Å². The summed E-state index contributed by atoms with van der Waals surface area (Å²) >= 11 is 0. The van der Waals surface area contributed by atoms with E-state index in [1.54, 1.807) is 6.07 Å². The molecule has 0 aliphatic carbocycles. The lowest BCUT2D eigenvalue weighted by Crippen LogP contribution is -1.88. The molecular weight excluding hydrogens is 224 g/mol. The molecule has 0 saturated carbocycles. The van der Waals surface area contributed by atoms with Crippen LogP contribution in [0.3, 0.4) is 0 Å². The number of aldehydes is 1. The van der Waals surface area contributed by atoms with E-state index in [9.17, 15) is 4.79 Å². The molecule has 0 aliphatic heterocycles. The number of para-hydroxylation sites is 1. The minimum atomic E-state index is 0.647. The summed E-state index contributed by atoms with van der Waals surface area (Å²) in [6.07, 6.45) is 0.857. The van der Waals surface area contributed by atoms with E-state index in [2.05, 4.69) is 9.97 Å². The number of carbonyl (C=O) groups excluding carboxylic acids is 1. The van der Waals surface area contributed by atoms with Crippen LogP contribution in [0.4, 0.5) is 0 Å². The average molecular weight is 236 g/mol. The third-order valence-corrected chi connectivity index (χ3v) is 3.06. The summed E-state index contributed by atoms with van der Waals surface area (Å²) in [5, 5.41) is 0. The second-order valence-electron chi connectivity index (χ2n) is 4.26. The molecule has 3 aromatic rings. The van der Waals surface area contributed by atoms with Crippen LogP contribution in [-0.2, 0) is 0 Å². The number of aromatic nitrogens is 2. The molecule has 0 bridgehead atoms. The van der Waals surface area contributed by atoms with E-state index >= 15 is 0 Å². The number of aryl methyl sites for hydroxylation is 1. The van der Waals surface area contributed by atoms with E-state index in [0.717, 1.165) is 34.3 Å². The highest BCUT2D eigenvalue weighted by Gasteiger charge is 2.09. The van der Waals surface area contributed by atoms with Gasteiger partial charge in [-0.1, -0.05) is 36.4 Å². The summed E-state index contributed by atoms with van der Waals surface area (Å²) in [6.45, 7) is 2.03. The molecule has 2 aromatic carbocycles. The van der Waals surface area contributed by atoms with Crippen LogP contribution < -0.4 is 0 Å². The molecule has 1 aromatic heterocycles. The minimum absolute atomic E-state index is 0.647. The van der Waals surface area contributed by atoms with E-state index in [1.165, 1.54) is 0 Å². The van der Waals surface area contributed by atoms with E-state index in [0.29, 0.717) is 5.56 Å². The molecule has 88 valence electrons. The van der Waals surface area contributed by atoms with Gasteiger partial charge in [-0.15, -0.1) is 0 Å². The number of carbonyl (C=O) groups is 1. The third kappa shape index (κ3) is 1.61. The van der Waals surface area contributed by atoms with Gasteiger partial charge in [-0.25, -0.2) is 4.98 Å². The quantitative estimate of drug-likeness (QED) is 0.693. The predicted octanol–water partition coefficient (Wildman–Crippen LogP) is 3.35. The Morgan fingerprint density at radius 1 is 1.11 bits per heavy atom. The van der Waals surface area contributed by atoms with Gasteiger partial charge in [0, 0.05) is 11.1 Å². The van der Waals surface area contributed by atoms with Crippen molar-refractivity contribution in [2.45, 2.75) is 6.92 Å². The predicted molar refractivity (Wildman–Crippen MR) is 71.7 cm³/mol. The molecule has 0 saturated heterocycles. The van der Waals surface area contributed by atoms with Crippen molar-refractivity contribution < 1.29 is 4.79 Å². The number of H-pyrrole nitrogens is 1. The fourth-order valence-electron chi connectivity index (χ4n) is 2.12. The first-order chi connectivity index (χ1) is 8.79. The highest BCUT2D eigenvalue weighted by molar-refractivity contribution is 5.89. The zero-order valence-electron chi connectivity index (χ0n) is 9.97. The molecule has 0 unspecified atom stereocenters. The zero-order valence-corrected chi connectivity index (χ0v) is 9.97. The number of rotatable bonds is 2. The van der Waals surface area contributed by atoms with Gasteiger partial charge >= 0.3 is 0 Å². The van der Waals surface area contributed by atoms with Crippen LogP contribution in [0.25, 0.3) is 22.4 Å². The lowest BCUT2D eigenvalue weighted by molar-refractivity contribution is 0.112. The number of benzene rings is 2. The molecule has 0 fully saturated rings. The molecule has 0 atom stereocenters. The van der Waals surface area contributed by atoms with E-state index in [-0.39, 0.29) is 0 Å². The molecule has 0 radical (unpaired) electrons. The first-order valence-electron chi connectivity index (χ1n) is 5.79. The first kappa shape index (κ1) is 10.7. The number of hydrogen-bond donors (Lipinski definition) is 1. The van der Waals surface area contributed by atoms with Gasteiger partial charge < -0.3 is 4.98 Å². The SMILES string of the molecule is Cc1cccc2[nH]c(-c3ccccc3C=O)nc12. The fourth-order valence-corrected chi connectivity index (χ4v) is 2.12. The Labute approximate surface area is 104 Å². The van der Waals surface area contributed by atoms with Gasteiger partial charge in [-0.2, -0.15) is 0 Å². The average Bonchev–Trinajstić information content (AvgIpc) is 2.84. The maximum absolute atomic E-state index is 11.0. The summed E-state index contributed by atoms with van der Waals surface area (Å²) in [5.74, 6) is 0.738. The normalized spacial score (nSPS) is 10.7. The summed E-state index contributed by atoms with van der Waals surface area (Å²) in [7, 11) is 0. The van der Waals surface area contributed by atoms with Gasteiger partial charge in [0.2, 0.25) is 0 Å². The van der Waals surface area contributed by atoms with Crippen LogP contribution in [-0.4, -0.2) is 16.3 Å². The second kappa shape index (κ2) is 4.11. The third-order valence-electron chi connectivity index (χ3n) is 3.06. The highest BCUT2D eigenvalue weighted by Crippen LogP contribution is 2.24. The molecule has 0 amide bonds. The molecule has 3 nitrogen and oxygen atoms in total. The Morgan fingerprint density at radius 2 is 1.94 bits per heavy atom. The van der Waals surface area contributed by atoms with Crippen molar-refractivity contribution in [2.24, 2.45) is 0 Å². The van der Waals surface area contributed by atoms with Crippen molar-refractivity contribution in [1.82, 2.24) is 9.97 Å². The van der Waals surface area contributed by atoms with Crippen LogP contribution in [0.1, 0.15) is 15.9 Å². The number of fused-ring (bicyclic) bond motifs is 1. The molecular formula is C15H12N2O. The maximum atomic E-state index is 11.0. The number of hydrogen-bond acceptors (Lipinski definition) is 2. The molecule has 18 heavy (non-hydrogen) atoms. The monoisotopic (exact) mass is 236 g/mol. The molecule has 0 spiro atoms. The van der Waals surface area contributed by atoms with Crippen molar-refractivity contribution in [2.75, 3.05) is 0 Å². The second-order valence-corrected chi connectivity index (χ2v) is 4.26. The smallest absolute Gasteiger partial charge is 0.150 e. The van der Waals surface area contributed by atoms with Crippen LogP contribution in [0.15, 0.2) is 42.5 Å². The van der Waals surface area contributed by atoms with Gasteiger partial charge in [0.25, 0.3) is 0 Å². The zero-order chi connectivity index (χ0) is 12.5. The lowest BCUT2D eigenvalue weighted by atomic mass is 10.1. The number of aromatic amines is 1. The van der Waals surface area contributed by atoms with Crippen LogP contribution in [0.5, 0.6) is 0 Å². The molecule has 1 heterocycles. The summed E-state index contributed by atoms with van der Waals surface area (Å²) < 4.78 is 0. The van der Waals surface area contributed by atoms with Gasteiger partial charge in [-0.3, -0.25) is 4.79 Å². The van der Waals surface area contributed by atoms with Gasteiger partial charge in [-0.05, 0) is 18.6 Å². The minimum Gasteiger partial charge on any atom is -0.338 e. The first-order valence-corrected chi connectivity index (χ1v) is 5.79. The van der Waals surface area contributed by atoms with Crippen LogP contribution in [0, 0.1) is 6.92 Å². The molecule has 1 N–H and O–H groups in total. The molecule has 3 heteroatoms. The summed E-state index contributed by atoms with van der Waals surface area (Å²) in [5.41, 5.74) is 4.55. The lowest BCUT2D eigenvalue weighted by Gasteiger charge is -1.99. The largest absolute Gasteiger partial charge is 0.338 e. The van der Waals surface area contributed by atoms with E-state index in [1.807, 2.05) is 43.3 Å². The molecule has 0 aliphatic rings. The summed E-state index contributed by atoms with van der Waals surface area (Å²) in [4.78, 5) is 18.9. The van der Waals surface area contributed by atoms with Crippen molar-refractivity contribution in [3.63, 3.8) is 0 Å². The fraction of sp³-hybridized carbons (Fsp3) is 0.0667. The standard InChI is InChI=1S/C15H12N2O/c1-10-5-4-8-13-14(10)17-15(16-13)12-7-3-2-6-11(12)9-18/h2-9H,1H3,(H,16,17). The van der Waals surface area contributed by atoms with Gasteiger partial charge in [0.1, 0.15) is 5.82 Å². The van der Waals surface area contributed by atoms with Crippen LogP contribution >= 0.6 is 0 Å². The Morgan fingerprint density at radius 3 is 2.72 bits per heavy atom. The van der Waals surface area contributed by atoms with Crippen molar-refractivity contribution in [3.05, 3.63) is 53.6 Å². The Balaban J connectivity index is 2.26. The van der Waals surface area contributed by atoms with E-state index in [4.69, 9.17) is 0 Å². The highest BCUT2D eigenvalue weighted by atomic mass is 16.1. The number of imidazole rings is 1. The Hall–Kier alpha value is -2.42.